The minimum atomic E-state index is 0. The van der Waals surface area contributed by atoms with Crippen molar-refractivity contribution in [3.63, 3.8) is 0 Å². The number of hydrogen-bond acceptors (Lipinski definition) is 3. The average Bonchev–Trinajstić information content (AvgIpc) is 2.96. The maximum Gasteiger partial charge on any atom is 0.124 e. The number of benzene rings is 1. The molecule has 1 saturated heterocycles. The Labute approximate surface area is 126 Å². The lowest BCUT2D eigenvalue weighted by molar-refractivity contribution is 0.313. The third-order valence-electron chi connectivity index (χ3n) is 3.85. The van der Waals surface area contributed by atoms with Crippen molar-refractivity contribution in [1.29, 1.82) is 0 Å². The van der Waals surface area contributed by atoms with Crippen LogP contribution in [0.15, 0.2) is 24.3 Å². The Balaban J connectivity index is 0.00000147. The average molecular weight is 295 g/mol. The molecule has 0 saturated carbocycles. The number of fused-ring (bicyclic) bond motifs is 1. The van der Waals surface area contributed by atoms with Gasteiger partial charge in [-0.3, -0.25) is 4.90 Å². The predicted octanol–water partition coefficient (Wildman–Crippen LogP) is 2.40. The zero-order valence-corrected chi connectivity index (χ0v) is 12.8. The van der Waals surface area contributed by atoms with E-state index in [1.54, 1.807) is 0 Å². The largest absolute Gasteiger partial charge is 0.327 e. The SMILES string of the molecule is CCCn1c(CN2CCC(N)C2)nc2ccccc21.Cl. The summed E-state index contributed by atoms with van der Waals surface area (Å²) in [6, 6.07) is 8.74. The summed E-state index contributed by atoms with van der Waals surface area (Å²) < 4.78 is 2.36. The Kier molecular flexibility index (Phi) is 5.02. The van der Waals surface area contributed by atoms with Crippen LogP contribution < -0.4 is 5.73 Å². The maximum absolute atomic E-state index is 5.98. The molecule has 1 unspecified atom stereocenters. The highest BCUT2D eigenvalue weighted by atomic mass is 35.5. The molecule has 3 rings (SSSR count). The van der Waals surface area contributed by atoms with Crippen molar-refractivity contribution in [2.45, 2.75) is 38.9 Å². The number of imidazole rings is 1. The molecule has 1 fully saturated rings. The number of aromatic nitrogens is 2. The molecular weight excluding hydrogens is 272 g/mol. The molecule has 0 radical (unpaired) electrons. The summed E-state index contributed by atoms with van der Waals surface area (Å²) in [5.41, 5.74) is 8.34. The quantitative estimate of drug-likeness (QED) is 0.942. The highest BCUT2D eigenvalue weighted by Crippen LogP contribution is 2.19. The van der Waals surface area contributed by atoms with Gasteiger partial charge in [-0.25, -0.2) is 4.98 Å². The summed E-state index contributed by atoms with van der Waals surface area (Å²) in [5.74, 6) is 1.18. The number of rotatable bonds is 4. The Morgan fingerprint density at radius 3 is 2.85 bits per heavy atom. The third-order valence-corrected chi connectivity index (χ3v) is 3.85. The second kappa shape index (κ2) is 6.57. The van der Waals surface area contributed by atoms with Crippen molar-refractivity contribution < 1.29 is 0 Å². The number of para-hydroxylation sites is 2. The summed E-state index contributed by atoms with van der Waals surface area (Å²) in [4.78, 5) is 7.22. The Morgan fingerprint density at radius 2 is 2.15 bits per heavy atom. The van der Waals surface area contributed by atoms with Crippen molar-refractivity contribution in [2.24, 2.45) is 5.73 Å². The first-order valence-corrected chi connectivity index (χ1v) is 7.20. The molecule has 1 aliphatic heterocycles. The van der Waals surface area contributed by atoms with Gasteiger partial charge in [0.2, 0.25) is 0 Å². The van der Waals surface area contributed by atoms with E-state index < -0.39 is 0 Å². The van der Waals surface area contributed by atoms with E-state index in [1.807, 2.05) is 0 Å². The fourth-order valence-corrected chi connectivity index (χ4v) is 2.93. The first kappa shape index (κ1) is 15.3. The van der Waals surface area contributed by atoms with E-state index in [2.05, 4.69) is 40.7 Å². The van der Waals surface area contributed by atoms with Gasteiger partial charge >= 0.3 is 0 Å². The molecule has 0 bridgehead atoms. The molecule has 2 aromatic rings. The van der Waals surface area contributed by atoms with Gasteiger partial charge in [-0.1, -0.05) is 19.1 Å². The highest BCUT2D eigenvalue weighted by Gasteiger charge is 2.21. The van der Waals surface area contributed by atoms with Gasteiger partial charge in [-0.15, -0.1) is 12.4 Å². The van der Waals surface area contributed by atoms with Crippen LogP contribution in [0.4, 0.5) is 0 Å². The monoisotopic (exact) mass is 294 g/mol. The number of hydrogen-bond donors (Lipinski definition) is 1. The maximum atomic E-state index is 5.98. The van der Waals surface area contributed by atoms with E-state index in [4.69, 9.17) is 10.7 Å². The van der Waals surface area contributed by atoms with E-state index in [9.17, 15) is 0 Å². The third kappa shape index (κ3) is 2.97. The van der Waals surface area contributed by atoms with Crippen LogP contribution in [0.3, 0.4) is 0 Å². The smallest absolute Gasteiger partial charge is 0.124 e. The van der Waals surface area contributed by atoms with Crippen LogP contribution in [0.1, 0.15) is 25.6 Å². The van der Waals surface area contributed by atoms with Crippen LogP contribution in [0.25, 0.3) is 11.0 Å². The number of likely N-dealkylation sites (tertiary alicyclic amines) is 1. The van der Waals surface area contributed by atoms with Gasteiger partial charge in [0.15, 0.2) is 0 Å². The number of nitrogens with zero attached hydrogens (tertiary/aromatic N) is 3. The Bertz CT molecular complexity index is 566. The summed E-state index contributed by atoms with van der Waals surface area (Å²) in [6.07, 6.45) is 2.24. The molecule has 2 heterocycles. The van der Waals surface area contributed by atoms with E-state index in [1.165, 1.54) is 11.3 Å². The minimum absolute atomic E-state index is 0. The van der Waals surface area contributed by atoms with Gasteiger partial charge in [-0.2, -0.15) is 0 Å². The van der Waals surface area contributed by atoms with Gasteiger partial charge in [0.05, 0.1) is 17.6 Å². The van der Waals surface area contributed by atoms with E-state index >= 15 is 0 Å². The molecule has 1 aliphatic rings. The zero-order chi connectivity index (χ0) is 13.2. The van der Waals surface area contributed by atoms with Gasteiger partial charge in [0.1, 0.15) is 5.82 Å². The minimum Gasteiger partial charge on any atom is -0.327 e. The molecule has 1 aromatic carbocycles. The van der Waals surface area contributed by atoms with Crippen molar-refractivity contribution in [2.75, 3.05) is 13.1 Å². The molecule has 1 atom stereocenters. The fourth-order valence-electron chi connectivity index (χ4n) is 2.93. The van der Waals surface area contributed by atoms with Crippen LogP contribution in [0.5, 0.6) is 0 Å². The van der Waals surface area contributed by atoms with Crippen molar-refractivity contribution in [1.82, 2.24) is 14.5 Å². The Hall–Kier alpha value is -1.10. The molecule has 0 aliphatic carbocycles. The fraction of sp³-hybridized carbons (Fsp3) is 0.533. The van der Waals surface area contributed by atoms with Gasteiger partial charge in [0.25, 0.3) is 0 Å². The van der Waals surface area contributed by atoms with Crippen LogP contribution in [0, 0.1) is 0 Å². The van der Waals surface area contributed by atoms with Crippen LogP contribution in [-0.4, -0.2) is 33.6 Å². The predicted molar refractivity (Wildman–Crippen MR) is 85.1 cm³/mol. The molecule has 20 heavy (non-hydrogen) atoms. The van der Waals surface area contributed by atoms with Crippen molar-refractivity contribution in [3.8, 4) is 0 Å². The van der Waals surface area contributed by atoms with Crippen LogP contribution in [0.2, 0.25) is 0 Å². The molecule has 4 nitrogen and oxygen atoms in total. The highest BCUT2D eigenvalue weighted by molar-refractivity contribution is 5.85. The van der Waals surface area contributed by atoms with Crippen LogP contribution in [-0.2, 0) is 13.1 Å². The number of halogens is 1. The van der Waals surface area contributed by atoms with Crippen molar-refractivity contribution >= 4 is 23.4 Å². The summed E-state index contributed by atoms with van der Waals surface area (Å²) in [6.45, 7) is 6.26. The topological polar surface area (TPSA) is 47.1 Å². The summed E-state index contributed by atoms with van der Waals surface area (Å²) in [5, 5.41) is 0. The lowest BCUT2D eigenvalue weighted by Gasteiger charge is -2.16. The van der Waals surface area contributed by atoms with Gasteiger partial charge < -0.3 is 10.3 Å². The first-order valence-electron chi connectivity index (χ1n) is 7.20. The lowest BCUT2D eigenvalue weighted by Crippen LogP contribution is -2.27. The van der Waals surface area contributed by atoms with E-state index in [-0.39, 0.29) is 12.4 Å². The van der Waals surface area contributed by atoms with Crippen LogP contribution >= 0.6 is 12.4 Å². The summed E-state index contributed by atoms with van der Waals surface area (Å²) in [7, 11) is 0. The standard InChI is InChI=1S/C15H22N4.ClH/c1-2-8-19-14-6-4-3-5-13(14)17-15(19)11-18-9-7-12(16)10-18;/h3-6,12H,2,7-11,16H2,1H3;1H. The Morgan fingerprint density at radius 1 is 1.35 bits per heavy atom. The molecule has 0 amide bonds. The van der Waals surface area contributed by atoms with Crippen molar-refractivity contribution in [3.05, 3.63) is 30.1 Å². The normalized spacial score (nSPS) is 19.4. The summed E-state index contributed by atoms with van der Waals surface area (Å²) >= 11 is 0. The van der Waals surface area contributed by atoms with Gasteiger partial charge in [-0.05, 0) is 25.0 Å². The number of aryl methyl sites for hydroxylation is 1. The molecule has 5 heteroatoms. The molecule has 110 valence electrons. The first-order chi connectivity index (χ1) is 9.28. The molecular formula is C15H23ClN4. The van der Waals surface area contributed by atoms with E-state index in [0.29, 0.717) is 6.04 Å². The second-order valence-corrected chi connectivity index (χ2v) is 5.45. The zero-order valence-electron chi connectivity index (χ0n) is 12.0. The molecule has 0 spiro atoms. The number of nitrogens with two attached hydrogens (primary N) is 1. The lowest BCUT2D eigenvalue weighted by atomic mass is 10.3. The van der Waals surface area contributed by atoms with Gasteiger partial charge in [0, 0.05) is 25.7 Å². The second-order valence-electron chi connectivity index (χ2n) is 5.45. The van der Waals surface area contributed by atoms with E-state index in [0.717, 1.165) is 44.5 Å². The molecule has 2 N–H and O–H groups in total. The molecule has 1 aromatic heterocycles.